The number of nitrogens with one attached hydrogen (secondary N) is 1. The predicted molar refractivity (Wildman–Crippen MR) is 96.0 cm³/mol. The maximum atomic E-state index is 12.0. The lowest BCUT2D eigenvalue weighted by atomic mass is 10.3. The summed E-state index contributed by atoms with van der Waals surface area (Å²) < 4.78 is 6.50. The predicted octanol–water partition coefficient (Wildman–Crippen LogP) is 3.47. The molecule has 3 aromatic rings. The quantitative estimate of drug-likeness (QED) is 0.486. The first-order valence-corrected chi connectivity index (χ1v) is 8.70. The van der Waals surface area contributed by atoms with E-state index in [1.54, 1.807) is 18.5 Å². The lowest BCUT2D eigenvalue weighted by Crippen LogP contribution is -2.14. The summed E-state index contributed by atoms with van der Waals surface area (Å²) in [6.07, 6.45) is 3.32. The highest BCUT2D eigenvalue weighted by atomic mass is 127. The van der Waals surface area contributed by atoms with Crippen LogP contribution in [-0.2, 0) is 4.79 Å². The second-order valence-electron chi connectivity index (χ2n) is 4.43. The fourth-order valence-corrected chi connectivity index (χ4v) is 2.84. The minimum Gasteiger partial charge on any atom is -0.411 e. The van der Waals surface area contributed by atoms with Gasteiger partial charge in [0.05, 0.1) is 17.0 Å². The van der Waals surface area contributed by atoms with Crippen LogP contribution in [0, 0.1) is 3.57 Å². The molecule has 0 aliphatic heterocycles. The van der Waals surface area contributed by atoms with Crippen LogP contribution >= 0.6 is 34.4 Å². The Balaban J connectivity index is 1.58. The van der Waals surface area contributed by atoms with Gasteiger partial charge in [0, 0.05) is 16.0 Å². The Morgan fingerprint density at radius 3 is 2.87 bits per heavy atom. The van der Waals surface area contributed by atoms with E-state index in [9.17, 15) is 4.79 Å². The molecule has 0 saturated carbocycles. The van der Waals surface area contributed by atoms with E-state index < -0.39 is 0 Å². The van der Waals surface area contributed by atoms with E-state index >= 15 is 0 Å². The third kappa shape index (κ3) is 4.29. The standard InChI is InChI=1S/C15H11IN4O2S/c16-11-5-1-2-6-12(11)18-13(21)9-23-15-20-19-14(22-15)10-4-3-7-17-8-10/h1-8H,9H2,(H,18,21). The summed E-state index contributed by atoms with van der Waals surface area (Å²) in [5.74, 6) is 0.457. The molecule has 0 aliphatic rings. The number of amides is 1. The van der Waals surface area contributed by atoms with Crippen LogP contribution in [0.4, 0.5) is 5.69 Å². The zero-order valence-electron chi connectivity index (χ0n) is 11.8. The van der Waals surface area contributed by atoms with Crippen molar-refractivity contribution < 1.29 is 9.21 Å². The van der Waals surface area contributed by atoms with Gasteiger partial charge in [-0.15, -0.1) is 10.2 Å². The Morgan fingerprint density at radius 2 is 2.09 bits per heavy atom. The van der Waals surface area contributed by atoms with E-state index in [0.29, 0.717) is 11.1 Å². The molecule has 0 bridgehead atoms. The first-order valence-electron chi connectivity index (χ1n) is 6.63. The highest BCUT2D eigenvalue weighted by Gasteiger charge is 2.12. The summed E-state index contributed by atoms with van der Waals surface area (Å²) in [6.45, 7) is 0. The molecule has 0 aliphatic carbocycles. The second kappa shape index (κ2) is 7.55. The molecule has 8 heteroatoms. The molecule has 23 heavy (non-hydrogen) atoms. The average Bonchev–Trinajstić information content (AvgIpc) is 3.05. The van der Waals surface area contributed by atoms with Crippen LogP contribution < -0.4 is 5.32 Å². The van der Waals surface area contributed by atoms with Crippen molar-refractivity contribution in [3.05, 3.63) is 52.4 Å². The number of hydrogen-bond donors (Lipinski definition) is 1. The number of aromatic nitrogens is 3. The van der Waals surface area contributed by atoms with E-state index in [-0.39, 0.29) is 11.7 Å². The van der Waals surface area contributed by atoms with Gasteiger partial charge in [-0.2, -0.15) is 0 Å². The van der Waals surface area contributed by atoms with Gasteiger partial charge in [0.25, 0.3) is 5.22 Å². The van der Waals surface area contributed by atoms with Crippen molar-refractivity contribution in [2.75, 3.05) is 11.1 Å². The van der Waals surface area contributed by atoms with Gasteiger partial charge in [-0.05, 0) is 46.9 Å². The molecule has 3 rings (SSSR count). The van der Waals surface area contributed by atoms with Gasteiger partial charge in [-0.3, -0.25) is 9.78 Å². The zero-order valence-corrected chi connectivity index (χ0v) is 14.7. The Hall–Kier alpha value is -1.94. The highest BCUT2D eigenvalue weighted by molar-refractivity contribution is 14.1. The summed E-state index contributed by atoms with van der Waals surface area (Å²) in [6, 6.07) is 11.2. The maximum Gasteiger partial charge on any atom is 0.277 e. The molecular weight excluding hydrogens is 427 g/mol. The molecule has 6 nitrogen and oxygen atoms in total. The van der Waals surface area contributed by atoms with E-state index in [4.69, 9.17) is 4.42 Å². The van der Waals surface area contributed by atoms with Crippen molar-refractivity contribution in [1.29, 1.82) is 0 Å². The third-order valence-electron chi connectivity index (χ3n) is 2.79. The summed E-state index contributed by atoms with van der Waals surface area (Å²) >= 11 is 3.37. The fraction of sp³-hybridized carbons (Fsp3) is 0.0667. The van der Waals surface area contributed by atoms with Gasteiger partial charge in [0.2, 0.25) is 11.8 Å². The molecule has 1 aromatic carbocycles. The number of benzene rings is 1. The minimum atomic E-state index is -0.125. The molecule has 1 N–H and O–H groups in total. The molecule has 0 saturated heterocycles. The van der Waals surface area contributed by atoms with Gasteiger partial charge in [0.1, 0.15) is 0 Å². The Bertz CT molecular complexity index is 810. The largest absolute Gasteiger partial charge is 0.411 e. The zero-order chi connectivity index (χ0) is 16.1. The third-order valence-corrected chi connectivity index (χ3v) is 4.55. The number of pyridine rings is 1. The number of hydrogen-bond acceptors (Lipinski definition) is 6. The molecule has 116 valence electrons. The van der Waals surface area contributed by atoms with E-state index in [1.807, 2.05) is 30.3 Å². The summed E-state index contributed by atoms with van der Waals surface area (Å²) in [4.78, 5) is 16.0. The molecule has 2 heterocycles. The number of carbonyl (C=O) groups is 1. The smallest absolute Gasteiger partial charge is 0.277 e. The molecule has 1 amide bonds. The van der Waals surface area contributed by atoms with E-state index in [2.05, 4.69) is 43.1 Å². The molecule has 0 atom stereocenters. The van der Waals surface area contributed by atoms with Crippen molar-refractivity contribution >= 4 is 45.9 Å². The Morgan fingerprint density at radius 1 is 1.22 bits per heavy atom. The van der Waals surface area contributed by atoms with E-state index in [0.717, 1.165) is 14.8 Å². The van der Waals surface area contributed by atoms with Crippen molar-refractivity contribution in [1.82, 2.24) is 15.2 Å². The van der Waals surface area contributed by atoms with Crippen molar-refractivity contribution in [3.63, 3.8) is 0 Å². The number of para-hydroxylation sites is 1. The molecular formula is C15H11IN4O2S. The SMILES string of the molecule is O=C(CSc1nnc(-c2cccnc2)o1)Nc1ccccc1I. The van der Waals surface area contributed by atoms with Crippen molar-refractivity contribution in [2.24, 2.45) is 0 Å². The van der Waals surface area contributed by atoms with Crippen LogP contribution in [0.25, 0.3) is 11.5 Å². The van der Waals surface area contributed by atoms with Gasteiger partial charge in [-0.1, -0.05) is 23.9 Å². The number of halogens is 1. The first-order chi connectivity index (χ1) is 11.2. The highest BCUT2D eigenvalue weighted by Crippen LogP contribution is 2.23. The van der Waals surface area contributed by atoms with Crippen LogP contribution in [0.2, 0.25) is 0 Å². The molecule has 0 unspecified atom stereocenters. The lowest BCUT2D eigenvalue weighted by Gasteiger charge is -2.05. The topological polar surface area (TPSA) is 80.9 Å². The maximum absolute atomic E-state index is 12.0. The van der Waals surface area contributed by atoms with Gasteiger partial charge < -0.3 is 9.73 Å². The lowest BCUT2D eigenvalue weighted by molar-refractivity contribution is -0.113. The van der Waals surface area contributed by atoms with Crippen LogP contribution in [0.5, 0.6) is 0 Å². The Kier molecular flexibility index (Phi) is 5.23. The second-order valence-corrected chi connectivity index (χ2v) is 6.52. The summed E-state index contributed by atoms with van der Waals surface area (Å²) in [5, 5.41) is 11.1. The van der Waals surface area contributed by atoms with Gasteiger partial charge >= 0.3 is 0 Å². The molecule has 0 fully saturated rings. The van der Waals surface area contributed by atoms with E-state index in [1.165, 1.54) is 11.8 Å². The number of thioether (sulfide) groups is 1. The number of rotatable bonds is 5. The van der Waals surface area contributed by atoms with Gasteiger partial charge in [0.15, 0.2) is 0 Å². The van der Waals surface area contributed by atoms with Crippen molar-refractivity contribution in [3.8, 4) is 11.5 Å². The van der Waals surface area contributed by atoms with Crippen LogP contribution in [0.1, 0.15) is 0 Å². The normalized spacial score (nSPS) is 10.5. The molecule has 0 radical (unpaired) electrons. The van der Waals surface area contributed by atoms with Crippen LogP contribution in [0.3, 0.4) is 0 Å². The minimum absolute atomic E-state index is 0.125. The number of carbonyl (C=O) groups excluding carboxylic acids is 1. The van der Waals surface area contributed by atoms with Crippen molar-refractivity contribution in [2.45, 2.75) is 5.22 Å². The average molecular weight is 438 g/mol. The monoisotopic (exact) mass is 438 g/mol. The van der Waals surface area contributed by atoms with Crippen LogP contribution in [-0.4, -0.2) is 26.8 Å². The Labute approximate surface area is 150 Å². The first kappa shape index (κ1) is 15.9. The number of nitrogens with zero attached hydrogens (tertiary/aromatic N) is 3. The van der Waals surface area contributed by atoms with Crippen LogP contribution in [0.15, 0.2) is 58.4 Å². The fourth-order valence-electron chi connectivity index (χ4n) is 1.75. The number of anilines is 1. The molecule has 2 aromatic heterocycles. The summed E-state index contributed by atoms with van der Waals surface area (Å²) in [5.41, 5.74) is 1.54. The van der Waals surface area contributed by atoms with Gasteiger partial charge in [-0.25, -0.2) is 0 Å². The summed E-state index contributed by atoms with van der Waals surface area (Å²) in [7, 11) is 0. The molecule has 0 spiro atoms.